The summed E-state index contributed by atoms with van der Waals surface area (Å²) in [5.74, 6) is 0.125. The minimum atomic E-state index is -4.57. The molecule has 12 heteroatoms. The summed E-state index contributed by atoms with van der Waals surface area (Å²) in [4.78, 5) is 21.0. The molecule has 30 heavy (non-hydrogen) atoms. The summed E-state index contributed by atoms with van der Waals surface area (Å²) in [6.45, 7) is 3.83. The number of halogens is 3. The van der Waals surface area contributed by atoms with Crippen molar-refractivity contribution >= 4 is 29.0 Å². The van der Waals surface area contributed by atoms with Crippen molar-refractivity contribution in [3.8, 4) is 11.3 Å². The van der Waals surface area contributed by atoms with Gasteiger partial charge in [-0.25, -0.2) is 23.8 Å². The molecule has 0 aliphatic carbocycles. The Kier molecular flexibility index (Phi) is 5.10. The molecule has 0 spiro atoms. The number of carbonyl (C=O) groups is 1. The molecule has 0 bridgehead atoms. The number of fused-ring (bicyclic) bond motifs is 2. The second-order valence-electron chi connectivity index (χ2n) is 6.04. The van der Waals surface area contributed by atoms with Crippen LogP contribution in [0, 0.1) is 0 Å². The number of ether oxygens (including phenoxy) is 1. The van der Waals surface area contributed by atoms with Crippen LogP contribution in [-0.4, -0.2) is 47.5 Å². The molecule has 0 saturated carbocycles. The SMILES string of the molecule is CCOC(=O)c1ccnc2c(-c3ccn4nc(C(F)(F)F)cc4n3)c(SCC)nn12. The van der Waals surface area contributed by atoms with E-state index >= 15 is 0 Å². The highest BCUT2D eigenvalue weighted by Gasteiger charge is 2.34. The van der Waals surface area contributed by atoms with E-state index in [9.17, 15) is 18.0 Å². The smallest absolute Gasteiger partial charge is 0.435 e. The van der Waals surface area contributed by atoms with Gasteiger partial charge in [-0.15, -0.1) is 11.8 Å². The van der Waals surface area contributed by atoms with Crippen molar-refractivity contribution < 1.29 is 22.7 Å². The van der Waals surface area contributed by atoms with Crippen molar-refractivity contribution in [3.63, 3.8) is 0 Å². The van der Waals surface area contributed by atoms with Crippen molar-refractivity contribution in [2.24, 2.45) is 0 Å². The number of rotatable bonds is 5. The maximum Gasteiger partial charge on any atom is 0.435 e. The summed E-state index contributed by atoms with van der Waals surface area (Å²) in [5, 5.41) is 8.54. The maximum absolute atomic E-state index is 13.0. The number of nitrogens with zero attached hydrogens (tertiary/aromatic N) is 6. The van der Waals surface area contributed by atoms with E-state index in [2.05, 4.69) is 20.2 Å². The minimum absolute atomic E-state index is 0.0353. The molecule has 0 amide bonds. The van der Waals surface area contributed by atoms with Gasteiger partial charge in [0, 0.05) is 18.5 Å². The van der Waals surface area contributed by atoms with Gasteiger partial charge in [0.1, 0.15) is 5.03 Å². The molecule has 4 aromatic rings. The van der Waals surface area contributed by atoms with Gasteiger partial charge in [-0.2, -0.15) is 23.4 Å². The van der Waals surface area contributed by atoms with Gasteiger partial charge in [-0.05, 0) is 24.8 Å². The van der Waals surface area contributed by atoms with Crippen LogP contribution in [0.2, 0.25) is 0 Å². The lowest BCUT2D eigenvalue weighted by atomic mass is 10.2. The predicted molar refractivity (Wildman–Crippen MR) is 102 cm³/mol. The molecule has 0 radical (unpaired) electrons. The Morgan fingerprint density at radius 1 is 1.23 bits per heavy atom. The highest BCUT2D eigenvalue weighted by Crippen LogP contribution is 2.34. The molecule has 0 aromatic carbocycles. The predicted octanol–water partition coefficient (Wildman–Crippen LogP) is 3.75. The number of carbonyl (C=O) groups excluding carboxylic acids is 1. The lowest BCUT2D eigenvalue weighted by Crippen LogP contribution is -2.11. The van der Waals surface area contributed by atoms with E-state index in [4.69, 9.17) is 4.74 Å². The van der Waals surface area contributed by atoms with Gasteiger partial charge < -0.3 is 4.74 Å². The Labute approximate surface area is 172 Å². The molecule has 156 valence electrons. The minimum Gasteiger partial charge on any atom is -0.461 e. The first-order valence-electron chi connectivity index (χ1n) is 8.95. The van der Waals surface area contributed by atoms with Crippen LogP contribution in [0.25, 0.3) is 22.6 Å². The van der Waals surface area contributed by atoms with Crippen molar-refractivity contribution in [2.75, 3.05) is 12.4 Å². The maximum atomic E-state index is 13.0. The lowest BCUT2D eigenvalue weighted by molar-refractivity contribution is -0.141. The monoisotopic (exact) mass is 436 g/mol. The number of thioether (sulfide) groups is 1. The molecule has 0 fully saturated rings. The summed E-state index contributed by atoms with van der Waals surface area (Å²) >= 11 is 1.40. The van der Waals surface area contributed by atoms with Crippen molar-refractivity contribution in [2.45, 2.75) is 25.0 Å². The van der Waals surface area contributed by atoms with Crippen LogP contribution in [0.1, 0.15) is 30.0 Å². The zero-order valence-corrected chi connectivity index (χ0v) is 16.7. The van der Waals surface area contributed by atoms with Crippen LogP contribution in [0.3, 0.4) is 0 Å². The van der Waals surface area contributed by atoms with Crippen LogP contribution >= 0.6 is 11.8 Å². The second kappa shape index (κ2) is 7.59. The number of aromatic nitrogens is 6. The highest BCUT2D eigenvalue weighted by atomic mass is 32.2. The van der Waals surface area contributed by atoms with Crippen molar-refractivity contribution in [1.82, 2.24) is 29.2 Å². The van der Waals surface area contributed by atoms with Crippen LogP contribution in [0.4, 0.5) is 13.2 Å². The molecule has 0 N–H and O–H groups in total. The molecule has 0 saturated heterocycles. The van der Waals surface area contributed by atoms with Gasteiger partial charge in [0.05, 0.1) is 17.9 Å². The van der Waals surface area contributed by atoms with E-state index in [1.165, 1.54) is 40.8 Å². The standard InChI is InChI=1S/C18H15F3N6O2S/c1-3-29-17(28)11-5-7-22-15-14(16(30-4-2)25-27(11)15)10-6-8-26-13(23-10)9-12(24-26)18(19,20)21/h5-9H,3-4H2,1-2H3. The first kappa shape index (κ1) is 20.1. The third-order valence-corrected chi connectivity index (χ3v) is 4.97. The Morgan fingerprint density at radius 2 is 2.03 bits per heavy atom. The van der Waals surface area contributed by atoms with E-state index in [1.807, 2.05) is 6.92 Å². The van der Waals surface area contributed by atoms with Crippen LogP contribution < -0.4 is 0 Å². The molecule has 0 aliphatic rings. The molecule has 4 aromatic heterocycles. The van der Waals surface area contributed by atoms with Gasteiger partial charge in [0.25, 0.3) is 0 Å². The zero-order chi connectivity index (χ0) is 21.5. The Hall–Kier alpha value is -3.15. The fourth-order valence-electron chi connectivity index (χ4n) is 2.90. The normalized spacial score (nSPS) is 12.0. The molecule has 0 unspecified atom stereocenters. The average molecular weight is 436 g/mol. The summed E-state index contributed by atoms with van der Waals surface area (Å²) < 4.78 is 46.4. The van der Waals surface area contributed by atoms with Gasteiger partial charge >= 0.3 is 12.1 Å². The number of esters is 1. The van der Waals surface area contributed by atoms with Crippen LogP contribution in [0.15, 0.2) is 35.6 Å². The third-order valence-electron chi connectivity index (χ3n) is 4.12. The molecule has 0 atom stereocenters. The summed E-state index contributed by atoms with van der Waals surface area (Å²) in [6.07, 6.45) is -1.73. The summed E-state index contributed by atoms with van der Waals surface area (Å²) in [6, 6.07) is 3.90. The molecule has 0 aliphatic heterocycles. The van der Waals surface area contributed by atoms with E-state index in [1.54, 1.807) is 6.92 Å². The number of alkyl halides is 3. The first-order valence-corrected chi connectivity index (χ1v) is 9.93. The van der Waals surface area contributed by atoms with Crippen LogP contribution in [-0.2, 0) is 10.9 Å². The van der Waals surface area contributed by atoms with Gasteiger partial charge in [-0.1, -0.05) is 6.92 Å². The topological polar surface area (TPSA) is 86.7 Å². The first-order chi connectivity index (χ1) is 14.3. The Morgan fingerprint density at radius 3 is 2.73 bits per heavy atom. The summed E-state index contributed by atoms with van der Waals surface area (Å²) in [7, 11) is 0. The largest absolute Gasteiger partial charge is 0.461 e. The molecule has 4 rings (SSSR count). The highest BCUT2D eigenvalue weighted by molar-refractivity contribution is 7.99. The van der Waals surface area contributed by atoms with Crippen molar-refractivity contribution in [3.05, 3.63) is 42.0 Å². The average Bonchev–Trinajstić information content (AvgIpc) is 3.28. The lowest BCUT2D eigenvalue weighted by Gasteiger charge is -2.04. The number of hydrogen-bond donors (Lipinski definition) is 0. The second-order valence-corrected chi connectivity index (χ2v) is 7.29. The summed E-state index contributed by atoms with van der Waals surface area (Å²) in [5.41, 5.74) is 0.437. The van der Waals surface area contributed by atoms with Gasteiger partial charge in [0.2, 0.25) is 0 Å². The quantitative estimate of drug-likeness (QED) is 0.348. The Bertz CT molecular complexity index is 1250. The van der Waals surface area contributed by atoms with E-state index in [-0.39, 0.29) is 17.9 Å². The Balaban J connectivity index is 1.92. The van der Waals surface area contributed by atoms with Crippen LogP contribution in [0.5, 0.6) is 0 Å². The fraction of sp³-hybridized carbons (Fsp3) is 0.278. The zero-order valence-electron chi connectivity index (χ0n) is 15.8. The third kappa shape index (κ3) is 3.47. The van der Waals surface area contributed by atoms with E-state index in [0.717, 1.165) is 10.6 Å². The van der Waals surface area contributed by atoms with Gasteiger partial charge in [-0.3, -0.25) is 0 Å². The van der Waals surface area contributed by atoms with Gasteiger partial charge in [0.15, 0.2) is 22.7 Å². The molecular weight excluding hydrogens is 421 g/mol. The van der Waals surface area contributed by atoms with E-state index in [0.29, 0.717) is 27.7 Å². The fourth-order valence-corrected chi connectivity index (χ4v) is 3.66. The molecular formula is C18H15F3N6O2S. The van der Waals surface area contributed by atoms with E-state index < -0.39 is 17.8 Å². The number of hydrogen-bond acceptors (Lipinski definition) is 7. The molecule has 4 heterocycles. The molecule has 8 nitrogen and oxygen atoms in total. The van der Waals surface area contributed by atoms with Crippen molar-refractivity contribution in [1.29, 1.82) is 0 Å².